The van der Waals surface area contributed by atoms with E-state index < -0.39 is 12.0 Å². The first-order valence-corrected chi connectivity index (χ1v) is 16.1. The third kappa shape index (κ3) is 8.85. The molecule has 0 heterocycles. The number of amides is 2. The third-order valence-electron chi connectivity index (χ3n) is 8.01. The fraction of sp³-hybridized carbons (Fsp3) is 0.545. The van der Waals surface area contributed by atoms with E-state index in [2.05, 4.69) is 23.6 Å². The van der Waals surface area contributed by atoms with Gasteiger partial charge in [-0.3, -0.25) is 9.59 Å². The van der Waals surface area contributed by atoms with Gasteiger partial charge in [-0.1, -0.05) is 69.0 Å². The number of esters is 1. The molecule has 0 saturated heterocycles. The van der Waals surface area contributed by atoms with Crippen molar-refractivity contribution in [1.82, 2.24) is 10.6 Å². The molecule has 6 nitrogen and oxygen atoms in total. The minimum atomic E-state index is -0.711. The topological polar surface area (TPSA) is 84.5 Å². The van der Waals surface area contributed by atoms with Crippen molar-refractivity contribution in [2.24, 2.45) is 11.8 Å². The zero-order chi connectivity index (χ0) is 28.9. The van der Waals surface area contributed by atoms with E-state index >= 15 is 0 Å². The van der Waals surface area contributed by atoms with Crippen LogP contribution in [-0.4, -0.2) is 49.5 Å². The molecule has 0 spiro atoms. The van der Waals surface area contributed by atoms with Gasteiger partial charge in [0, 0.05) is 18.0 Å². The highest BCUT2D eigenvalue weighted by atomic mass is 32.2. The molecule has 40 heavy (non-hydrogen) atoms. The number of carbonyl (C=O) groups is 3. The van der Waals surface area contributed by atoms with Crippen LogP contribution in [0.3, 0.4) is 0 Å². The smallest absolute Gasteiger partial charge is 0.328 e. The second-order valence-electron chi connectivity index (χ2n) is 10.9. The first-order chi connectivity index (χ1) is 19.4. The monoisotopic (exact) mass is 566 g/mol. The first kappa shape index (κ1) is 31.7. The van der Waals surface area contributed by atoms with E-state index in [4.69, 9.17) is 4.74 Å². The molecule has 2 aromatic carbocycles. The van der Waals surface area contributed by atoms with Crippen LogP contribution in [0.4, 0.5) is 0 Å². The van der Waals surface area contributed by atoms with Gasteiger partial charge in [-0.05, 0) is 85.3 Å². The Labute approximate surface area is 244 Å². The van der Waals surface area contributed by atoms with Crippen molar-refractivity contribution in [2.75, 3.05) is 25.7 Å². The highest BCUT2D eigenvalue weighted by molar-refractivity contribution is 7.98. The van der Waals surface area contributed by atoms with E-state index in [1.165, 1.54) is 26.4 Å². The average molecular weight is 567 g/mol. The largest absolute Gasteiger partial charge is 0.467 e. The summed E-state index contributed by atoms with van der Waals surface area (Å²) in [5.74, 6) is 0.416. The molecule has 0 radical (unpaired) electrons. The summed E-state index contributed by atoms with van der Waals surface area (Å²) >= 11 is 1.62. The van der Waals surface area contributed by atoms with Crippen molar-refractivity contribution in [3.05, 3.63) is 59.2 Å². The maximum Gasteiger partial charge on any atom is 0.328 e. The summed E-state index contributed by atoms with van der Waals surface area (Å²) in [5.41, 5.74) is 4.40. The van der Waals surface area contributed by atoms with Crippen molar-refractivity contribution in [3.63, 3.8) is 0 Å². The van der Waals surface area contributed by atoms with Crippen molar-refractivity contribution in [2.45, 2.75) is 77.7 Å². The molecule has 218 valence electrons. The third-order valence-corrected chi connectivity index (χ3v) is 8.65. The van der Waals surface area contributed by atoms with Gasteiger partial charge >= 0.3 is 5.97 Å². The summed E-state index contributed by atoms with van der Waals surface area (Å²) in [5, 5.41) is 6.11. The molecular weight excluding hydrogens is 520 g/mol. The first-order valence-electron chi connectivity index (χ1n) is 14.7. The number of hydrogen-bond acceptors (Lipinski definition) is 5. The summed E-state index contributed by atoms with van der Waals surface area (Å²) < 4.78 is 4.96. The molecule has 7 heteroatoms. The molecule has 0 aliphatic heterocycles. The second kappa shape index (κ2) is 16.5. The number of carbonyl (C=O) groups excluding carboxylic acids is 3. The van der Waals surface area contributed by atoms with Gasteiger partial charge in [0.2, 0.25) is 5.91 Å². The lowest BCUT2D eigenvalue weighted by atomic mass is 9.76. The Morgan fingerprint density at radius 2 is 1.80 bits per heavy atom. The van der Waals surface area contributed by atoms with Crippen LogP contribution in [0, 0.1) is 18.8 Å². The number of hydrogen-bond donors (Lipinski definition) is 2. The van der Waals surface area contributed by atoms with E-state index in [0.717, 1.165) is 53.7 Å². The number of benzene rings is 2. The quantitative estimate of drug-likeness (QED) is 0.206. The molecule has 3 rings (SSSR count). The molecule has 1 aliphatic carbocycles. The Bertz CT molecular complexity index is 1130. The second-order valence-corrected chi connectivity index (χ2v) is 11.9. The molecular formula is C33H46N2O4S. The Hall–Kier alpha value is -2.80. The summed E-state index contributed by atoms with van der Waals surface area (Å²) in [6.07, 6.45) is 10.9. The van der Waals surface area contributed by atoms with Crippen LogP contribution < -0.4 is 10.6 Å². The van der Waals surface area contributed by atoms with Crippen LogP contribution in [0.25, 0.3) is 11.1 Å². The minimum Gasteiger partial charge on any atom is -0.467 e. The maximum absolute atomic E-state index is 13.6. The van der Waals surface area contributed by atoms with Crippen molar-refractivity contribution in [1.29, 1.82) is 0 Å². The summed E-state index contributed by atoms with van der Waals surface area (Å²) in [7, 11) is 1.34. The number of nitrogens with one attached hydrogen (secondary N) is 2. The number of methoxy groups -OCH3 is 1. The predicted molar refractivity (Wildman–Crippen MR) is 165 cm³/mol. The van der Waals surface area contributed by atoms with Gasteiger partial charge in [0.25, 0.3) is 5.91 Å². The van der Waals surface area contributed by atoms with Gasteiger partial charge < -0.3 is 15.4 Å². The van der Waals surface area contributed by atoms with Gasteiger partial charge in [0.1, 0.15) is 6.04 Å². The fourth-order valence-electron chi connectivity index (χ4n) is 5.66. The van der Waals surface area contributed by atoms with Crippen molar-refractivity contribution >= 4 is 29.5 Å². The van der Waals surface area contributed by atoms with E-state index in [9.17, 15) is 14.4 Å². The van der Waals surface area contributed by atoms with E-state index in [-0.39, 0.29) is 17.7 Å². The molecule has 1 unspecified atom stereocenters. The van der Waals surface area contributed by atoms with Crippen LogP contribution in [-0.2, 0) is 20.7 Å². The molecule has 0 aromatic heterocycles. The summed E-state index contributed by atoms with van der Waals surface area (Å²) in [6.45, 7) is 4.88. The molecule has 0 bridgehead atoms. The van der Waals surface area contributed by atoms with Crippen LogP contribution in [0.1, 0.15) is 79.8 Å². The summed E-state index contributed by atoms with van der Waals surface area (Å²) in [4.78, 5) is 39.4. The van der Waals surface area contributed by atoms with E-state index in [0.29, 0.717) is 30.9 Å². The Kier molecular flexibility index (Phi) is 13.1. The molecule has 2 N–H and O–H groups in total. The van der Waals surface area contributed by atoms with Crippen LogP contribution in [0.15, 0.2) is 42.5 Å². The average Bonchev–Trinajstić information content (AvgIpc) is 2.98. The summed E-state index contributed by atoms with van der Waals surface area (Å²) in [6, 6.07) is 13.2. The maximum atomic E-state index is 13.6. The zero-order valence-corrected chi connectivity index (χ0v) is 25.4. The van der Waals surface area contributed by atoms with Gasteiger partial charge in [-0.15, -0.1) is 0 Å². The number of rotatable bonds is 14. The highest BCUT2D eigenvalue weighted by Gasteiger charge is 2.30. The lowest BCUT2D eigenvalue weighted by Crippen LogP contribution is -2.42. The van der Waals surface area contributed by atoms with Gasteiger partial charge in [-0.2, -0.15) is 11.8 Å². The van der Waals surface area contributed by atoms with Gasteiger partial charge in [0.05, 0.1) is 7.11 Å². The standard InChI is InChI=1S/C33H46N2O4S/c1-5-6-19-34-31(36)28(25-13-8-7-9-14-25)21-24-16-17-27(29(22-24)26-15-11-10-12-23(26)2)32(37)35-30(18-20-40-4)33(38)39-3/h10-12,15-17,22,25,28,30H,5-9,13-14,18-21H2,1-4H3,(H,34,36)(H,35,37)/t28?,30-/m0/s1. The predicted octanol–water partition coefficient (Wildman–Crippen LogP) is 6.34. The Balaban J connectivity index is 1.95. The SMILES string of the molecule is CCCCNC(=O)C(Cc1ccc(C(=O)N[C@@H](CCSC)C(=O)OC)c(-c2ccccc2C)c1)C1CCCCC1. The van der Waals surface area contributed by atoms with E-state index in [1.807, 2.05) is 49.6 Å². The molecule has 2 aromatic rings. The van der Waals surface area contributed by atoms with Crippen LogP contribution >= 0.6 is 11.8 Å². The lowest BCUT2D eigenvalue weighted by molar-refractivity contribution is -0.142. The molecule has 1 saturated carbocycles. The van der Waals surface area contributed by atoms with Crippen molar-refractivity contribution < 1.29 is 19.1 Å². The Morgan fingerprint density at radius 3 is 2.48 bits per heavy atom. The van der Waals surface area contributed by atoms with Crippen LogP contribution in [0.5, 0.6) is 0 Å². The molecule has 1 aliphatic rings. The number of aryl methyl sites for hydroxylation is 1. The van der Waals surface area contributed by atoms with Gasteiger partial charge in [0.15, 0.2) is 0 Å². The van der Waals surface area contributed by atoms with E-state index in [1.54, 1.807) is 11.8 Å². The van der Waals surface area contributed by atoms with Gasteiger partial charge in [-0.25, -0.2) is 4.79 Å². The molecule has 2 atom stereocenters. The fourth-order valence-corrected chi connectivity index (χ4v) is 6.13. The molecule has 1 fully saturated rings. The molecule has 2 amide bonds. The number of ether oxygens (including phenoxy) is 1. The van der Waals surface area contributed by atoms with Crippen LogP contribution in [0.2, 0.25) is 0 Å². The minimum absolute atomic E-state index is 0.0863. The lowest BCUT2D eigenvalue weighted by Gasteiger charge is -2.30. The van der Waals surface area contributed by atoms with Crippen molar-refractivity contribution in [3.8, 4) is 11.1 Å². The zero-order valence-electron chi connectivity index (χ0n) is 24.6. The normalized spacial score (nSPS) is 15.2. The number of thioether (sulfide) groups is 1. The Morgan fingerprint density at radius 1 is 1.05 bits per heavy atom. The highest BCUT2D eigenvalue weighted by Crippen LogP contribution is 2.34. The number of unbranched alkanes of at least 4 members (excludes halogenated alkanes) is 1.